The van der Waals surface area contributed by atoms with E-state index in [4.69, 9.17) is 9.15 Å². The second-order valence-electron chi connectivity index (χ2n) is 3.73. The molecule has 94 valence electrons. The number of halogens is 1. The van der Waals surface area contributed by atoms with Gasteiger partial charge in [0.15, 0.2) is 5.76 Å². The van der Waals surface area contributed by atoms with Crippen LogP contribution in [0.1, 0.15) is 16.1 Å². The molecule has 5 heteroatoms. The lowest BCUT2D eigenvalue weighted by molar-refractivity contribution is 0.0995. The van der Waals surface area contributed by atoms with Crippen LogP contribution in [0.2, 0.25) is 0 Å². The molecule has 0 fully saturated rings. The van der Waals surface area contributed by atoms with Crippen molar-refractivity contribution in [1.82, 2.24) is 0 Å². The lowest BCUT2D eigenvalue weighted by Gasteiger charge is -2.09. The number of carbonyl (C=O) groups is 1. The van der Waals surface area contributed by atoms with E-state index in [0.717, 1.165) is 10.0 Å². The van der Waals surface area contributed by atoms with Crippen molar-refractivity contribution in [2.45, 2.75) is 6.92 Å². The van der Waals surface area contributed by atoms with E-state index < -0.39 is 0 Å². The molecule has 1 N–H and O–H groups in total. The first-order chi connectivity index (χ1) is 8.61. The standard InChI is InChI=1S/C13H12BrNO3/c1-8-5-6-18-12(8)13(16)15-10-7-9(14)3-4-11(10)17-2/h3-7H,1-2H3,(H,15,16). The predicted octanol–water partition coefficient (Wildman–Crippen LogP) is 3.61. The smallest absolute Gasteiger partial charge is 0.291 e. The Morgan fingerprint density at radius 1 is 1.39 bits per heavy atom. The molecule has 0 saturated heterocycles. The summed E-state index contributed by atoms with van der Waals surface area (Å²) < 4.78 is 11.2. The van der Waals surface area contributed by atoms with Crippen molar-refractivity contribution < 1.29 is 13.9 Å². The molecule has 0 saturated carbocycles. The lowest BCUT2D eigenvalue weighted by Crippen LogP contribution is -2.12. The molecule has 2 aromatic rings. The van der Waals surface area contributed by atoms with Crippen molar-refractivity contribution in [2.24, 2.45) is 0 Å². The molecule has 0 bridgehead atoms. The Labute approximate surface area is 113 Å². The van der Waals surface area contributed by atoms with Gasteiger partial charge in [0.25, 0.3) is 5.91 Å². The number of hydrogen-bond donors (Lipinski definition) is 1. The van der Waals surface area contributed by atoms with Crippen molar-refractivity contribution in [2.75, 3.05) is 12.4 Å². The highest BCUT2D eigenvalue weighted by Gasteiger charge is 2.15. The van der Waals surface area contributed by atoms with Crippen LogP contribution in [0.25, 0.3) is 0 Å². The van der Waals surface area contributed by atoms with Gasteiger partial charge in [0, 0.05) is 10.0 Å². The van der Waals surface area contributed by atoms with Gasteiger partial charge in [-0.1, -0.05) is 15.9 Å². The van der Waals surface area contributed by atoms with Gasteiger partial charge in [-0.2, -0.15) is 0 Å². The lowest BCUT2D eigenvalue weighted by atomic mass is 10.2. The van der Waals surface area contributed by atoms with Gasteiger partial charge in [-0.05, 0) is 31.2 Å². The van der Waals surface area contributed by atoms with Crippen molar-refractivity contribution >= 4 is 27.5 Å². The van der Waals surface area contributed by atoms with Crippen LogP contribution < -0.4 is 10.1 Å². The SMILES string of the molecule is COc1ccc(Br)cc1NC(=O)c1occc1C. The van der Waals surface area contributed by atoms with Crippen LogP contribution in [-0.2, 0) is 0 Å². The molecule has 1 aromatic carbocycles. The van der Waals surface area contributed by atoms with Crippen LogP contribution in [0.15, 0.2) is 39.4 Å². The quantitative estimate of drug-likeness (QED) is 0.942. The number of hydrogen-bond acceptors (Lipinski definition) is 3. The maximum absolute atomic E-state index is 12.0. The largest absolute Gasteiger partial charge is 0.495 e. The number of nitrogens with one attached hydrogen (secondary N) is 1. The van der Waals surface area contributed by atoms with E-state index in [2.05, 4.69) is 21.2 Å². The van der Waals surface area contributed by atoms with Crippen molar-refractivity contribution in [3.63, 3.8) is 0 Å². The average Bonchev–Trinajstić information content (AvgIpc) is 2.76. The maximum Gasteiger partial charge on any atom is 0.291 e. The molecule has 0 aliphatic carbocycles. The zero-order valence-electron chi connectivity index (χ0n) is 9.99. The highest BCUT2D eigenvalue weighted by Crippen LogP contribution is 2.28. The first kappa shape index (κ1) is 12.7. The number of amides is 1. The van der Waals surface area contributed by atoms with Gasteiger partial charge in [-0.25, -0.2) is 0 Å². The van der Waals surface area contributed by atoms with Gasteiger partial charge in [-0.15, -0.1) is 0 Å². The molecule has 0 atom stereocenters. The van der Waals surface area contributed by atoms with E-state index in [0.29, 0.717) is 17.2 Å². The topological polar surface area (TPSA) is 51.5 Å². The van der Waals surface area contributed by atoms with Gasteiger partial charge in [0.2, 0.25) is 0 Å². The summed E-state index contributed by atoms with van der Waals surface area (Å²) in [7, 11) is 1.55. The molecule has 0 unspecified atom stereocenters. The number of carbonyl (C=O) groups excluding carboxylic acids is 1. The highest BCUT2D eigenvalue weighted by atomic mass is 79.9. The van der Waals surface area contributed by atoms with E-state index in [-0.39, 0.29) is 5.91 Å². The number of methoxy groups -OCH3 is 1. The summed E-state index contributed by atoms with van der Waals surface area (Å²) >= 11 is 3.35. The van der Waals surface area contributed by atoms with Gasteiger partial charge >= 0.3 is 0 Å². The Morgan fingerprint density at radius 2 is 2.17 bits per heavy atom. The Balaban J connectivity index is 2.27. The molecular weight excluding hydrogens is 298 g/mol. The molecule has 4 nitrogen and oxygen atoms in total. The fraction of sp³-hybridized carbons (Fsp3) is 0.154. The summed E-state index contributed by atoms with van der Waals surface area (Å²) in [6, 6.07) is 7.13. The molecule has 0 aliphatic rings. The summed E-state index contributed by atoms with van der Waals surface area (Å²) in [6.45, 7) is 1.82. The van der Waals surface area contributed by atoms with Crippen molar-refractivity contribution in [3.05, 3.63) is 46.3 Å². The van der Waals surface area contributed by atoms with E-state index in [1.54, 1.807) is 25.3 Å². The van der Waals surface area contributed by atoms with Crippen LogP contribution in [0.5, 0.6) is 5.75 Å². The normalized spacial score (nSPS) is 10.2. The Morgan fingerprint density at radius 3 is 2.78 bits per heavy atom. The van der Waals surface area contributed by atoms with E-state index in [1.165, 1.54) is 6.26 Å². The Bertz CT molecular complexity index is 577. The zero-order chi connectivity index (χ0) is 13.1. The summed E-state index contributed by atoms with van der Waals surface area (Å²) in [5, 5.41) is 2.76. The summed E-state index contributed by atoms with van der Waals surface area (Å²) in [6.07, 6.45) is 1.49. The summed E-state index contributed by atoms with van der Waals surface area (Å²) in [4.78, 5) is 12.0. The molecule has 1 aromatic heterocycles. The van der Waals surface area contributed by atoms with Crippen LogP contribution in [-0.4, -0.2) is 13.0 Å². The van der Waals surface area contributed by atoms with Crippen LogP contribution >= 0.6 is 15.9 Å². The van der Waals surface area contributed by atoms with E-state index >= 15 is 0 Å². The van der Waals surface area contributed by atoms with Crippen molar-refractivity contribution in [3.8, 4) is 5.75 Å². The first-order valence-corrected chi connectivity index (χ1v) is 6.10. The Kier molecular flexibility index (Phi) is 3.72. The van der Waals surface area contributed by atoms with Gasteiger partial charge < -0.3 is 14.5 Å². The third-order valence-electron chi connectivity index (χ3n) is 2.48. The number of rotatable bonds is 3. The molecule has 2 rings (SSSR count). The predicted molar refractivity (Wildman–Crippen MR) is 72.1 cm³/mol. The number of aryl methyl sites for hydroxylation is 1. The zero-order valence-corrected chi connectivity index (χ0v) is 11.6. The second-order valence-corrected chi connectivity index (χ2v) is 4.65. The summed E-state index contributed by atoms with van der Waals surface area (Å²) in [5.41, 5.74) is 1.38. The van der Waals surface area contributed by atoms with Crippen molar-refractivity contribution in [1.29, 1.82) is 0 Å². The van der Waals surface area contributed by atoms with Crippen LogP contribution in [0.4, 0.5) is 5.69 Å². The average molecular weight is 310 g/mol. The first-order valence-electron chi connectivity index (χ1n) is 5.31. The fourth-order valence-electron chi connectivity index (χ4n) is 1.56. The monoisotopic (exact) mass is 309 g/mol. The number of anilines is 1. The minimum atomic E-state index is -0.297. The third-order valence-corrected chi connectivity index (χ3v) is 2.97. The van der Waals surface area contributed by atoms with Crippen LogP contribution in [0.3, 0.4) is 0 Å². The Hall–Kier alpha value is -1.75. The molecular formula is C13H12BrNO3. The minimum absolute atomic E-state index is 0.297. The van der Waals surface area contributed by atoms with E-state index in [1.807, 2.05) is 13.0 Å². The van der Waals surface area contributed by atoms with Gasteiger partial charge in [0.1, 0.15) is 5.75 Å². The minimum Gasteiger partial charge on any atom is -0.495 e. The number of benzene rings is 1. The molecule has 18 heavy (non-hydrogen) atoms. The highest BCUT2D eigenvalue weighted by molar-refractivity contribution is 9.10. The molecule has 0 spiro atoms. The number of furan rings is 1. The number of ether oxygens (including phenoxy) is 1. The molecule has 1 heterocycles. The van der Waals surface area contributed by atoms with Crippen LogP contribution in [0, 0.1) is 6.92 Å². The molecule has 0 radical (unpaired) electrons. The second kappa shape index (κ2) is 5.27. The maximum atomic E-state index is 12.0. The van der Waals surface area contributed by atoms with E-state index in [9.17, 15) is 4.79 Å². The third kappa shape index (κ3) is 2.56. The van der Waals surface area contributed by atoms with Gasteiger partial charge in [-0.3, -0.25) is 4.79 Å². The summed E-state index contributed by atoms with van der Waals surface area (Å²) in [5.74, 6) is 0.599. The molecule has 1 amide bonds. The van der Waals surface area contributed by atoms with Gasteiger partial charge in [0.05, 0.1) is 19.1 Å². The molecule has 0 aliphatic heterocycles. The fourth-order valence-corrected chi connectivity index (χ4v) is 1.92.